The normalized spacial score (nSPS) is 10.3. The number of carboxylic acid groups (broad SMARTS) is 1. The molecule has 2 aromatic rings. The Balaban J connectivity index is 2.14. The SMILES string of the molecule is Cc1c(NCc2ccn(C)n2)cccc1C(=O)O. The Bertz CT molecular complexity index is 575. The molecule has 1 aromatic heterocycles. The van der Waals surface area contributed by atoms with Crippen LogP contribution in [0.3, 0.4) is 0 Å². The van der Waals surface area contributed by atoms with Crippen LogP contribution < -0.4 is 5.32 Å². The Hall–Kier alpha value is -2.30. The zero-order valence-electron chi connectivity index (χ0n) is 10.3. The number of hydrogen-bond donors (Lipinski definition) is 2. The van der Waals surface area contributed by atoms with Gasteiger partial charge in [0.15, 0.2) is 0 Å². The fraction of sp³-hybridized carbons (Fsp3) is 0.231. The topological polar surface area (TPSA) is 67.2 Å². The van der Waals surface area contributed by atoms with Crippen LogP contribution in [-0.2, 0) is 13.6 Å². The second-order valence-corrected chi connectivity index (χ2v) is 4.12. The van der Waals surface area contributed by atoms with Crippen molar-refractivity contribution in [3.05, 3.63) is 47.3 Å². The fourth-order valence-corrected chi connectivity index (χ4v) is 1.80. The molecule has 0 spiro atoms. The summed E-state index contributed by atoms with van der Waals surface area (Å²) in [7, 11) is 1.86. The van der Waals surface area contributed by atoms with Crippen LogP contribution in [0.4, 0.5) is 5.69 Å². The first-order chi connectivity index (χ1) is 8.58. The highest BCUT2D eigenvalue weighted by atomic mass is 16.4. The minimum Gasteiger partial charge on any atom is -0.478 e. The van der Waals surface area contributed by atoms with Crippen molar-refractivity contribution in [3.8, 4) is 0 Å². The molecule has 1 heterocycles. The molecule has 0 radical (unpaired) electrons. The van der Waals surface area contributed by atoms with E-state index in [0.717, 1.165) is 16.9 Å². The number of nitrogens with zero attached hydrogens (tertiary/aromatic N) is 2. The summed E-state index contributed by atoms with van der Waals surface area (Å²) in [5, 5.41) is 16.5. The summed E-state index contributed by atoms with van der Waals surface area (Å²) in [6.45, 7) is 2.37. The van der Waals surface area contributed by atoms with E-state index in [4.69, 9.17) is 5.11 Å². The van der Waals surface area contributed by atoms with Crippen molar-refractivity contribution < 1.29 is 9.90 Å². The van der Waals surface area contributed by atoms with Gasteiger partial charge in [0.25, 0.3) is 0 Å². The number of hydrogen-bond acceptors (Lipinski definition) is 3. The molecule has 0 bridgehead atoms. The van der Waals surface area contributed by atoms with E-state index in [-0.39, 0.29) is 0 Å². The summed E-state index contributed by atoms with van der Waals surface area (Å²) in [5.41, 5.74) is 2.79. The van der Waals surface area contributed by atoms with Gasteiger partial charge in [0.1, 0.15) is 0 Å². The maximum atomic E-state index is 11.0. The van der Waals surface area contributed by atoms with Crippen molar-refractivity contribution in [3.63, 3.8) is 0 Å². The highest BCUT2D eigenvalue weighted by Crippen LogP contribution is 2.19. The zero-order valence-corrected chi connectivity index (χ0v) is 10.3. The van der Waals surface area contributed by atoms with Crippen molar-refractivity contribution in [1.82, 2.24) is 9.78 Å². The average molecular weight is 245 g/mol. The van der Waals surface area contributed by atoms with Crippen LogP contribution in [0.25, 0.3) is 0 Å². The maximum absolute atomic E-state index is 11.0. The van der Waals surface area contributed by atoms with Crippen LogP contribution in [-0.4, -0.2) is 20.9 Å². The molecular formula is C13H15N3O2. The van der Waals surface area contributed by atoms with E-state index in [1.54, 1.807) is 23.7 Å². The van der Waals surface area contributed by atoms with Gasteiger partial charge in [-0.25, -0.2) is 4.79 Å². The number of anilines is 1. The minimum atomic E-state index is -0.908. The number of nitrogens with one attached hydrogen (secondary N) is 1. The quantitative estimate of drug-likeness (QED) is 0.865. The number of carbonyl (C=O) groups is 1. The molecule has 0 aliphatic heterocycles. The molecule has 1 aromatic carbocycles. The monoisotopic (exact) mass is 245 g/mol. The maximum Gasteiger partial charge on any atom is 0.336 e. The third kappa shape index (κ3) is 2.51. The van der Waals surface area contributed by atoms with Crippen LogP contribution in [0.5, 0.6) is 0 Å². The molecule has 2 N–H and O–H groups in total. The molecule has 0 aliphatic rings. The molecule has 18 heavy (non-hydrogen) atoms. The molecule has 0 saturated carbocycles. The molecule has 5 nitrogen and oxygen atoms in total. The van der Waals surface area contributed by atoms with Crippen LogP contribution in [0.1, 0.15) is 21.6 Å². The second-order valence-electron chi connectivity index (χ2n) is 4.12. The first-order valence-electron chi connectivity index (χ1n) is 5.63. The number of aromatic carboxylic acids is 1. The fourth-order valence-electron chi connectivity index (χ4n) is 1.80. The van der Waals surface area contributed by atoms with Gasteiger partial charge in [0.05, 0.1) is 17.8 Å². The Morgan fingerprint density at radius 2 is 2.22 bits per heavy atom. The van der Waals surface area contributed by atoms with Gasteiger partial charge in [0, 0.05) is 18.9 Å². The molecule has 0 fully saturated rings. The van der Waals surface area contributed by atoms with Crippen molar-refractivity contribution in [2.24, 2.45) is 7.05 Å². The third-order valence-corrected chi connectivity index (χ3v) is 2.79. The molecule has 0 amide bonds. The van der Waals surface area contributed by atoms with Crippen molar-refractivity contribution in [2.75, 3.05) is 5.32 Å². The minimum absolute atomic E-state index is 0.320. The summed E-state index contributed by atoms with van der Waals surface area (Å²) >= 11 is 0. The molecule has 0 saturated heterocycles. The molecule has 5 heteroatoms. The smallest absolute Gasteiger partial charge is 0.336 e. The summed E-state index contributed by atoms with van der Waals surface area (Å²) < 4.78 is 1.73. The lowest BCUT2D eigenvalue weighted by atomic mass is 10.1. The van der Waals surface area contributed by atoms with Crippen molar-refractivity contribution >= 4 is 11.7 Å². The lowest BCUT2D eigenvalue weighted by molar-refractivity contribution is 0.0696. The van der Waals surface area contributed by atoms with E-state index in [1.165, 1.54) is 0 Å². The van der Waals surface area contributed by atoms with E-state index in [0.29, 0.717) is 12.1 Å². The Morgan fingerprint density at radius 3 is 2.83 bits per heavy atom. The molecule has 94 valence electrons. The van der Waals surface area contributed by atoms with Crippen LogP contribution in [0.2, 0.25) is 0 Å². The van der Waals surface area contributed by atoms with Gasteiger partial charge < -0.3 is 10.4 Å². The lowest BCUT2D eigenvalue weighted by Crippen LogP contribution is -2.06. The Labute approximate surface area is 105 Å². The van der Waals surface area contributed by atoms with E-state index in [1.807, 2.05) is 25.4 Å². The predicted octanol–water partition coefficient (Wildman–Crippen LogP) is 2.04. The Kier molecular flexibility index (Phi) is 3.32. The number of aryl methyl sites for hydroxylation is 1. The van der Waals surface area contributed by atoms with E-state index < -0.39 is 5.97 Å². The number of carboxylic acids is 1. The van der Waals surface area contributed by atoms with Gasteiger partial charge in [0.2, 0.25) is 0 Å². The van der Waals surface area contributed by atoms with E-state index in [9.17, 15) is 4.79 Å². The van der Waals surface area contributed by atoms with Crippen molar-refractivity contribution in [2.45, 2.75) is 13.5 Å². The molecule has 0 aliphatic carbocycles. The number of aromatic nitrogens is 2. The number of rotatable bonds is 4. The summed E-state index contributed by atoms with van der Waals surface area (Å²) in [6.07, 6.45) is 1.87. The number of benzene rings is 1. The van der Waals surface area contributed by atoms with Crippen LogP contribution >= 0.6 is 0 Å². The molecule has 2 rings (SSSR count). The Morgan fingerprint density at radius 1 is 1.44 bits per heavy atom. The van der Waals surface area contributed by atoms with Crippen LogP contribution in [0, 0.1) is 6.92 Å². The van der Waals surface area contributed by atoms with Gasteiger partial charge in [-0.05, 0) is 30.7 Å². The van der Waals surface area contributed by atoms with Gasteiger partial charge in [-0.3, -0.25) is 4.68 Å². The third-order valence-electron chi connectivity index (χ3n) is 2.79. The molecule has 0 unspecified atom stereocenters. The lowest BCUT2D eigenvalue weighted by Gasteiger charge is -2.10. The van der Waals surface area contributed by atoms with Crippen molar-refractivity contribution in [1.29, 1.82) is 0 Å². The van der Waals surface area contributed by atoms with Gasteiger partial charge in [-0.15, -0.1) is 0 Å². The second kappa shape index (κ2) is 4.91. The van der Waals surface area contributed by atoms with Gasteiger partial charge in [-0.1, -0.05) is 6.07 Å². The highest BCUT2D eigenvalue weighted by molar-refractivity contribution is 5.91. The van der Waals surface area contributed by atoms with E-state index in [2.05, 4.69) is 10.4 Å². The highest BCUT2D eigenvalue weighted by Gasteiger charge is 2.09. The van der Waals surface area contributed by atoms with Crippen LogP contribution in [0.15, 0.2) is 30.5 Å². The molecule has 0 atom stereocenters. The zero-order chi connectivity index (χ0) is 13.1. The summed E-state index contributed by atoms with van der Waals surface area (Å²) in [6, 6.07) is 7.12. The molecular weight excluding hydrogens is 230 g/mol. The average Bonchev–Trinajstić information content (AvgIpc) is 2.73. The predicted molar refractivity (Wildman–Crippen MR) is 68.7 cm³/mol. The first-order valence-corrected chi connectivity index (χ1v) is 5.63. The largest absolute Gasteiger partial charge is 0.478 e. The van der Waals surface area contributed by atoms with Gasteiger partial charge in [-0.2, -0.15) is 5.10 Å². The summed E-state index contributed by atoms with van der Waals surface area (Å²) in [4.78, 5) is 11.0. The summed E-state index contributed by atoms with van der Waals surface area (Å²) in [5.74, 6) is -0.908. The first kappa shape index (κ1) is 12.2. The van der Waals surface area contributed by atoms with E-state index >= 15 is 0 Å². The van der Waals surface area contributed by atoms with Gasteiger partial charge >= 0.3 is 5.97 Å². The standard InChI is InChI=1S/C13H15N3O2/c1-9-11(13(17)18)4-3-5-12(9)14-8-10-6-7-16(2)15-10/h3-7,14H,8H2,1-2H3,(H,17,18).